The summed E-state index contributed by atoms with van der Waals surface area (Å²) in [5.41, 5.74) is 0. The van der Waals surface area contributed by atoms with E-state index in [1.54, 1.807) is 0 Å². The van der Waals surface area contributed by atoms with Crippen LogP contribution in [0.3, 0.4) is 0 Å². The molecule has 0 saturated heterocycles. The quantitative estimate of drug-likeness (QED) is 0.0732. The average molecular weight is 546 g/mol. The third kappa shape index (κ3) is 19.8. The Morgan fingerprint density at radius 1 is 0.487 bits per heavy atom. The van der Waals surface area contributed by atoms with E-state index in [1.807, 2.05) is 0 Å². The molecule has 1 aromatic heterocycles. The zero-order valence-electron chi connectivity index (χ0n) is 27.6. The fourth-order valence-electron chi connectivity index (χ4n) is 6.43. The lowest BCUT2D eigenvalue weighted by atomic mass is 9.92. The van der Waals surface area contributed by atoms with Crippen molar-refractivity contribution in [2.75, 3.05) is 0 Å². The second-order valence-electron chi connectivity index (χ2n) is 12.9. The van der Waals surface area contributed by atoms with Crippen molar-refractivity contribution in [2.24, 2.45) is 0 Å². The maximum Gasteiger partial charge on any atom is 0.257 e. The number of hydrogen-bond donors (Lipinski definition) is 1. The molecule has 2 heteroatoms. The van der Waals surface area contributed by atoms with E-state index in [0.717, 1.165) is 0 Å². The number of imidazole rings is 1. The second kappa shape index (κ2) is 27.4. The predicted octanol–water partition coefficient (Wildman–Crippen LogP) is 12.9. The highest BCUT2D eigenvalue weighted by molar-refractivity contribution is 4.90. The molecule has 0 saturated carbocycles. The molecular weight excluding hydrogens is 472 g/mol. The summed E-state index contributed by atoms with van der Waals surface area (Å²) in [6.07, 6.45) is 44.2. The molecule has 1 heterocycles. The lowest BCUT2D eigenvalue weighted by Gasteiger charge is -2.17. The van der Waals surface area contributed by atoms with Crippen LogP contribution in [-0.2, 0) is 0 Å². The van der Waals surface area contributed by atoms with Gasteiger partial charge in [-0.2, -0.15) is 0 Å². The molecule has 0 aromatic carbocycles. The molecule has 2 atom stereocenters. The van der Waals surface area contributed by atoms with Crippen LogP contribution >= 0.6 is 0 Å². The van der Waals surface area contributed by atoms with Crippen LogP contribution in [0.25, 0.3) is 0 Å². The molecule has 0 fully saturated rings. The molecule has 0 aliphatic rings. The Morgan fingerprint density at radius 2 is 0.821 bits per heavy atom. The van der Waals surface area contributed by atoms with Crippen molar-refractivity contribution in [1.82, 2.24) is 4.98 Å². The van der Waals surface area contributed by atoms with Crippen molar-refractivity contribution < 1.29 is 4.57 Å². The molecule has 0 bridgehead atoms. The number of aromatic amines is 1. The van der Waals surface area contributed by atoms with Crippen LogP contribution in [0.1, 0.15) is 225 Å². The van der Waals surface area contributed by atoms with Crippen LogP contribution in [0.2, 0.25) is 0 Å². The minimum atomic E-state index is 0.621. The van der Waals surface area contributed by atoms with Gasteiger partial charge in [0.15, 0.2) is 0 Å². The van der Waals surface area contributed by atoms with E-state index in [2.05, 4.69) is 49.6 Å². The van der Waals surface area contributed by atoms with Gasteiger partial charge in [0.05, 0.1) is 12.0 Å². The summed E-state index contributed by atoms with van der Waals surface area (Å²) >= 11 is 0. The van der Waals surface area contributed by atoms with E-state index in [0.29, 0.717) is 12.0 Å². The van der Waals surface area contributed by atoms with Gasteiger partial charge in [0.25, 0.3) is 5.82 Å². The summed E-state index contributed by atoms with van der Waals surface area (Å²) < 4.78 is 2.63. The van der Waals surface area contributed by atoms with Gasteiger partial charge in [-0.25, -0.2) is 9.55 Å². The minimum Gasteiger partial charge on any atom is -0.247 e. The largest absolute Gasteiger partial charge is 0.257 e. The van der Waals surface area contributed by atoms with Gasteiger partial charge in [0.2, 0.25) is 0 Å². The Labute approximate surface area is 246 Å². The van der Waals surface area contributed by atoms with Crippen LogP contribution in [0.4, 0.5) is 0 Å². The number of aromatic nitrogens is 2. The molecule has 230 valence electrons. The summed E-state index contributed by atoms with van der Waals surface area (Å²) in [6.45, 7) is 9.41. The van der Waals surface area contributed by atoms with Crippen LogP contribution in [0.15, 0.2) is 12.4 Å². The summed E-state index contributed by atoms with van der Waals surface area (Å²) in [7, 11) is 0. The Morgan fingerprint density at radius 3 is 1.21 bits per heavy atom. The van der Waals surface area contributed by atoms with Crippen LogP contribution in [-0.4, -0.2) is 4.98 Å². The number of H-pyrrole nitrogens is 1. The standard InChI is InChI=1S/C37H72N2/c1-5-8-11-14-17-19-21-22-24-27-30-35(4)39-34-33-38-37(39)36(31-28-25-16-13-10-7-3)32-29-26-23-20-18-15-12-9-6-2/h33-36H,5-32H2,1-4H3/p+1. The summed E-state index contributed by atoms with van der Waals surface area (Å²) in [5, 5.41) is 0. The monoisotopic (exact) mass is 546 g/mol. The second-order valence-corrected chi connectivity index (χ2v) is 12.9. The Hall–Kier alpha value is -0.790. The first-order chi connectivity index (χ1) is 19.2. The van der Waals surface area contributed by atoms with Crippen molar-refractivity contribution >= 4 is 0 Å². The van der Waals surface area contributed by atoms with E-state index >= 15 is 0 Å². The molecule has 0 aliphatic heterocycles. The summed E-state index contributed by atoms with van der Waals surface area (Å²) in [5.74, 6) is 2.24. The molecule has 2 unspecified atom stereocenters. The molecule has 1 rings (SSSR count). The first-order valence-electron chi connectivity index (χ1n) is 18.3. The highest BCUT2D eigenvalue weighted by atomic mass is 15.1. The smallest absolute Gasteiger partial charge is 0.247 e. The highest BCUT2D eigenvalue weighted by Crippen LogP contribution is 2.27. The van der Waals surface area contributed by atoms with Gasteiger partial charge in [0.1, 0.15) is 12.4 Å². The number of hydrogen-bond acceptors (Lipinski definition) is 0. The van der Waals surface area contributed by atoms with Gasteiger partial charge >= 0.3 is 0 Å². The van der Waals surface area contributed by atoms with E-state index in [4.69, 9.17) is 0 Å². The van der Waals surface area contributed by atoms with E-state index in [1.165, 1.54) is 186 Å². The maximum atomic E-state index is 3.73. The van der Waals surface area contributed by atoms with Gasteiger partial charge in [-0.15, -0.1) is 0 Å². The zero-order valence-corrected chi connectivity index (χ0v) is 27.6. The molecule has 1 aromatic rings. The van der Waals surface area contributed by atoms with Crippen LogP contribution < -0.4 is 4.57 Å². The Balaban J connectivity index is 2.42. The molecule has 2 nitrogen and oxygen atoms in total. The summed E-state index contributed by atoms with van der Waals surface area (Å²) in [6, 6.07) is 0.621. The van der Waals surface area contributed by atoms with Gasteiger partial charge in [0, 0.05) is 0 Å². The molecule has 1 N–H and O–H groups in total. The van der Waals surface area contributed by atoms with Gasteiger partial charge in [-0.3, -0.25) is 0 Å². The van der Waals surface area contributed by atoms with Crippen molar-refractivity contribution in [3.05, 3.63) is 18.2 Å². The molecule has 39 heavy (non-hydrogen) atoms. The highest BCUT2D eigenvalue weighted by Gasteiger charge is 2.25. The fourth-order valence-corrected chi connectivity index (χ4v) is 6.43. The third-order valence-corrected chi connectivity index (χ3v) is 9.14. The lowest BCUT2D eigenvalue weighted by Crippen LogP contribution is -2.41. The van der Waals surface area contributed by atoms with E-state index in [-0.39, 0.29) is 0 Å². The fraction of sp³-hybridized carbons (Fsp3) is 0.919. The first kappa shape index (κ1) is 36.2. The molecule has 0 aliphatic carbocycles. The third-order valence-electron chi connectivity index (χ3n) is 9.14. The van der Waals surface area contributed by atoms with Crippen molar-refractivity contribution in [3.63, 3.8) is 0 Å². The van der Waals surface area contributed by atoms with E-state index < -0.39 is 0 Å². The van der Waals surface area contributed by atoms with Crippen molar-refractivity contribution in [3.8, 4) is 0 Å². The molecule has 0 spiro atoms. The minimum absolute atomic E-state index is 0.621. The zero-order chi connectivity index (χ0) is 28.2. The molecular formula is C37H73N2+. The van der Waals surface area contributed by atoms with Gasteiger partial charge < -0.3 is 0 Å². The normalized spacial score (nSPS) is 13.2. The lowest BCUT2D eigenvalue weighted by molar-refractivity contribution is -0.727. The summed E-state index contributed by atoms with van der Waals surface area (Å²) in [4.78, 5) is 3.73. The van der Waals surface area contributed by atoms with Crippen LogP contribution in [0, 0.1) is 0 Å². The van der Waals surface area contributed by atoms with E-state index in [9.17, 15) is 0 Å². The molecule has 0 radical (unpaired) electrons. The number of nitrogens with zero attached hydrogens (tertiary/aromatic N) is 1. The first-order valence-corrected chi connectivity index (χ1v) is 18.3. The average Bonchev–Trinajstić information content (AvgIpc) is 3.44. The van der Waals surface area contributed by atoms with Gasteiger partial charge in [-0.1, -0.05) is 175 Å². The number of nitrogens with one attached hydrogen (secondary N) is 1. The molecule has 0 amide bonds. The Kier molecular flexibility index (Phi) is 25.4. The topological polar surface area (TPSA) is 19.7 Å². The number of rotatable bonds is 30. The van der Waals surface area contributed by atoms with Crippen molar-refractivity contribution in [1.29, 1.82) is 0 Å². The SMILES string of the molecule is CCCCCCCCCCCCC(C)[n+]1cc[nH]c1C(CCCCCCCC)CCCCCCCCCCC. The maximum absolute atomic E-state index is 3.73. The van der Waals surface area contributed by atoms with Gasteiger partial charge in [-0.05, 0) is 32.6 Å². The Bertz CT molecular complexity index is 606. The van der Waals surface area contributed by atoms with Crippen molar-refractivity contribution in [2.45, 2.75) is 219 Å². The van der Waals surface area contributed by atoms with Crippen LogP contribution in [0.5, 0.6) is 0 Å². The number of unbranched alkanes of at least 4 members (excludes halogenated alkanes) is 22. The predicted molar refractivity (Wildman–Crippen MR) is 175 cm³/mol.